The summed E-state index contributed by atoms with van der Waals surface area (Å²) in [5.41, 5.74) is 7.89. The molecule has 5 N–H and O–H groups in total. The van der Waals surface area contributed by atoms with Crippen LogP contribution in [0, 0.1) is 0 Å². The van der Waals surface area contributed by atoms with E-state index in [0.29, 0.717) is 56.2 Å². The van der Waals surface area contributed by atoms with Crippen LogP contribution in [0.3, 0.4) is 0 Å². The Morgan fingerprint density at radius 1 is 0.936 bits per heavy atom. The predicted octanol–water partition coefficient (Wildman–Crippen LogP) is 0.0183. The standard InChI is InChI=1S/C29H42N8O7S3/c1-45(39,40)37-15-12-25(17-26(37)20-47(43,44)35-13-10-24(30)11-14-35)33-29-32-18-23-8-9-27(38)36(28(23)34-29)19-22-6-4-21(5-7-22)3-2-16-46(31,41)42/h4-9,18,24-26H,2-3,10-17,19-20,30H2,1H3,(H2,31,41,42)(H,32,33,34). The lowest BCUT2D eigenvalue weighted by atomic mass is 10.0. The van der Waals surface area contributed by atoms with Gasteiger partial charge in [0.05, 0.1) is 24.3 Å². The minimum absolute atomic E-state index is 0.0439. The largest absolute Gasteiger partial charge is 0.351 e. The van der Waals surface area contributed by atoms with Crippen molar-refractivity contribution in [2.75, 3.05) is 42.7 Å². The van der Waals surface area contributed by atoms with Crippen LogP contribution in [0.4, 0.5) is 5.95 Å². The molecule has 4 heterocycles. The summed E-state index contributed by atoms with van der Waals surface area (Å²) in [4.78, 5) is 22.1. The predicted molar refractivity (Wildman–Crippen MR) is 180 cm³/mol. The molecule has 2 unspecified atom stereocenters. The number of fused-ring (bicyclic) bond motifs is 1. The molecule has 0 amide bonds. The van der Waals surface area contributed by atoms with E-state index in [1.165, 1.54) is 19.2 Å². The third kappa shape index (κ3) is 9.33. The van der Waals surface area contributed by atoms with E-state index in [1.54, 1.807) is 12.3 Å². The first-order valence-electron chi connectivity index (χ1n) is 15.5. The Balaban J connectivity index is 1.32. The molecule has 2 aliphatic heterocycles. The lowest BCUT2D eigenvalue weighted by Gasteiger charge is -2.39. The average Bonchev–Trinajstić information content (AvgIpc) is 2.98. The second-order valence-electron chi connectivity index (χ2n) is 12.4. The normalized spacial score (nSPS) is 20.8. The molecular formula is C29H42N8O7S3. The number of hydrogen-bond donors (Lipinski definition) is 3. The number of piperidine rings is 2. The van der Waals surface area contributed by atoms with Gasteiger partial charge < -0.3 is 11.1 Å². The van der Waals surface area contributed by atoms with E-state index < -0.39 is 36.1 Å². The number of primary sulfonamides is 1. The molecule has 2 aliphatic rings. The fourth-order valence-corrected chi connectivity index (χ4v) is 9.76. The SMILES string of the molecule is CS(=O)(=O)N1CCC(Nc2ncc3ccc(=O)n(Cc4ccc(CCCS(N)(=O)=O)cc4)c3n2)CC1CS(=O)(=O)N1CCC(N)CC1. The zero-order valence-corrected chi connectivity index (χ0v) is 28.7. The molecule has 0 saturated carbocycles. The van der Waals surface area contributed by atoms with E-state index in [9.17, 15) is 30.0 Å². The van der Waals surface area contributed by atoms with Gasteiger partial charge in [0.1, 0.15) is 5.65 Å². The molecule has 18 heteroatoms. The van der Waals surface area contributed by atoms with Gasteiger partial charge in [0.2, 0.25) is 36.0 Å². The van der Waals surface area contributed by atoms with E-state index in [-0.39, 0.29) is 54.6 Å². The van der Waals surface area contributed by atoms with Crippen molar-refractivity contribution < 1.29 is 25.3 Å². The molecule has 2 aromatic heterocycles. The minimum atomic E-state index is -3.73. The number of pyridine rings is 1. The Morgan fingerprint density at radius 3 is 2.28 bits per heavy atom. The number of benzene rings is 1. The lowest BCUT2D eigenvalue weighted by molar-refractivity contribution is 0.252. The molecule has 0 aliphatic carbocycles. The molecule has 2 atom stereocenters. The maximum atomic E-state index is 13.3. The number of aromatic nitrogens is 3. The molecule has 0 bridgehead atoms. The lowest BCUT2D eigenvalue weighted by Crippen LogP contribution is -2.54. The second kappa shape index (κ2) is 14.2. The van der Waals surface area contributed by atoms with Crippen LogP contribution >= 0.6 is 0 Å². The highest BCUT2D eigenvalue weighted by molar-refractivity contribution is 7.89. The summed E-state index contributed by atoms with van der Waals surface area (Å²) >= 11 is 0. The topological polar surface area (TPSA) is 221 Å². The summed E-state index contributed by atoms with van der Waals surface area (Å²) in [6.45, 7) is 1.000. The summed E-state index contributed by atoms with van der Waals surface area (Å²) in [7, 11) is -10.9. The molecule has 3 aromatic rings. The Labute approximate surface area is 275 Å². The number of nitrogens with two attached hydrogens (primary N) is 2. The van der Waals surface area contributed by atoms with Gasteiger partial charge in [-0.2, -0.15) is 9.29 Å². The Hall–Kier alpha value is -3.00. The Bertz CT molecular complexity index is 1960. The molecule has 15 nitrogen and oxygen atoms in total. The first kappa shape index (κ1) is 35.3. The van der Waals surface area contributed by atoms with Crippen LogP contribution in [-0.2, 0) is 43.0 Å². The maximum Gasteiger partial charge on any atom is 0.252 e. The van der Waals surface area contributed by atoms with Crippen LogP contribution in [0.15, 0.2) is 47.4 Å². The summed E-state index contributed by atoms with van der Waals surface area (Å²) in [6.07, 6.45) is 5.41. The van der Waals surface area contributed by atoms with E-state index in [1.807, 2.05) is 24.3 Å². The molecule has 0 spiro atoms. The third-order valence-electron chi connectivity index (χ3n) is 8.70. The number of hydrogen-bond acceptors (Lipinski definition) is 11. The van der Waals surface area contributed by atoms with Gasteiger partial charge in [-0.05, 0) is 55.7 Å². The van der Waals surface area contributed by atoms with Crippen LogP contribution in [0.1, 0.15) is 43.2 Å². The Kier molecular flexibility index (Phi) is 10.7. The summed E-state index contributed by atoms with van der Waals surface area (Å²) < 4.78 is 78.5. The van der Waals surface area contributed by atoms with Crippen LogP contribution < -0.4 is 21.7 Å². The zero-order valence-electron chi connectivity index (χ0n) is 26.2. The molecule has 5 rings (SSSR count). The number of nitrogens with one attached hydrogen (secondary N) is 1. The van der Waals surface area contributed by atoms with Gasteiger partial charge in [0.25, 0.3) is 5.56 Å². The summed E-state index contributed by atoms with van der Waals surface area (Å²) in [6, 6.07) is 9.47. The highest BCUT2D eigenvalue weighted by atomic mass is 32.2. The molecule has 2 saturated heterocycles. The first-order valence-corrected chi connectivity index (χ1v) is 20.7. The van der Waals surface area contributed by atoms with Crippen LogP contribution in [0.5, 0.6) is 0 Å². The summed E-state index contributed by atoms with van der Waals surface area (Å²) in [5, 5.41) is 8.99. The van der Waals surface area contributed by atoms with E-state index in [0.717, 1.165) is 17.4 Å². The monoisotopic (exact) mass is 710 g/mol. The molecule has 47 heavy (non-hydrogen) atoms. The summed E-state index contributed by atoms with van der Waals surface area (Å²) in [5.74, 6) is -0.191. The quantitative estimate of drug-likeness (QED) is 0.227. The van der Waals surface area contributed by atoms with Crippen molar-refractivity contribution in [3.8, 4) is 0 Å². The van der Waals surface area contributed by atoms with Crippen molar-refractivity contribution in [3.05, 3.63) is 64.1 Å². The van der Waals surface area contributed by atoms with Crippen molar-refractivity contribution >= 4 is 47.1 Å². The van der Waals surface area contributed by atoms with Crippen LogP contribution in [-0.4, -0.2) is 104 Å². The van der Waals surface area contributed by atoms with Gasteiger partial charge in [-0.25, -0.2) is 39.7 Å². The molecule has 0 radical (unpaired) electrons. The zero-order chi connectivity index (χ0) is 34.0. The first-order chi connectivity index (χ1) is 22.1. The number of anilines is 1. The van der Waals surface area contributed by atoms with Gasteiger partial charge in [0.15, 0.2) is 0 Å². The van der Waals surface area contributed by atoms with Crippen LogP contribution in [0.25, 0.3) is 11.0 Å². The third-order valence-corrected chi connectivity index (χ3v) is 12.8. The fourth-order valence-electron chi connectivity index (χ4n) is 6.20. The van der Waals surface area contributed by atoms with Gasteiger partial charge in [0, 0.05) is 55.4 Å². The second-order valence-corrected chi connectivity index (χ2v) is 18.1. The molecule has 1 aromatic carbocycles. The van der Waals surface area contributed by atoms with E-state index in [4.69, 9.17) is 10.9 Å². The van der Waals surface area contributed by atoms with Crippen LogP contribution in [0.2, 0.25) is 0 Å². The van der Waals surface area contributed by atoms with Gasteiger partial charge >= 0.3 is 0 Å². The van der Waals surface area contributed by atoms with E-state index in [2.05, 4.69) is 15.3 Å². The van der Waals surface area contributed by atoms with E-state index >= 15 is 0 Å². The number of aryl methyl sites for hydroxylation is 1. The fraction of sp³-hybridized carbons (Fsp3) is 0.552. The van der Waals surface area contributed by atoms with Gasteiger partial charge in [-0.1, -0.05) is 24.3 Å². The number of nitrogens with zero attached hydrogens (tertiary/aromatic N) is 5. The Morgan fingerprint density at radius 2 is 1.62 bits per heavy atom. The number of rotatable bonds is 12. The minimum Gasteiger partial charge on any atom is -0.351 e. The highest BCUT2D eigenvalue weighted by Crippen LogP contribution is 2.26. The maximum absolute atomic E-state index is 13.3. The van der Waals surface area contributed by atoms with Crippen molar-refractivity contribution in [2.24, 2.45) is 10.9 Å². The smallest absolute Gasteiger partial charge is 0.252 e. The van der Waals surface area contributed by atoms with Gasteiger partial charge in [-0.15, -0.1) is 0 Å². The van der Waals surface area contributed by atoms with Crippen molar-refractivity contribution in [2.45, 2.75) is 63.2 Å². The average molecular weight is 711 g/mol. The molecule has 258 valence electrons. The van der Waals surface area contributed by atoms with Crippen molar-refractivity contribution in [1.82, 2.24) is 23.1 Å². The van der Waals surface area contributed by atoms with Gasteiger partial charge in [-0.3, -0.25) is 9.36 Å². The van der Waals surface area contributed by atoms with Crippen molar-refractivity contribution in [1.29, 1.82) is 0 Å². The molecule has 2 fully saturated rings. The highest BCUT2D eigenvalue weighted by Gasteiger charge is 2.39. The molecular weight excluding hydrogens is 669 g/mol. The van der Waals surface area contributed by atoms with Crippen molar-refractivity contribution in [3.63, 3.8) is 0 Å². The number of sulfonamides is 3.